The molecule has 1 aromatic rings. The van der Waals surface area contributed by atoms with Gasteiger partial charge in [-0.2, -0.15) is 13.2 Å². The zero-order valence-corrected chi connectivity index (χ0v) is 15.0. The van der Waals surface area contributed by atoms with Gasteiger partial charge in [0, 0.05) is 24.8 Å². The number of nitrogens with one attached hydrogen (secondary N) is 2. The Morgan fingerprint density at radius 1 is 1.42 bits per heavy atom. The monoisotopic (exact) mass is 394 g/mol. The van der Waals surface area contributed by atoms with E-state index in [1.807, 2.05) is 6.92 Å². The highest BCUT2D eigenvalue weighted by Crippen LogP contribution is 2.17. The molecule has 0 spiro atoms. The molecular weight excluding hydrogens is 373 g/mol. The highest BCUT2D eigenvalue weighted by atomic mass is 32.2. The average molecular weight is 394 g/mol. The maximum absolute atomic E-state index is 12.1. The maximum atomic E-state index is 12.1. The van der Waals surface area contributed by atoms with Crippen LogP contribution in [0.15, 0.2) is 23.3 Å². The Bertz CT molecular complexity index is 721. The number of aliphatic imine (C=N–C) groups is 1. The third-order valence-electron chi connectivity index (χ3n) is 3.52. The number of halogens is 3. The second-order valence-electron chi connectivity index (χ2n) is 5.85. The third kappa shape index (κ3) is 7.06. The number of hydrogen-bond donors (Lipinski definition) is 2. The van der Waals surface area contributed by atoms with Gasteiger partial charge in [-0.15, -0.1) is 0 Å². The van der Waals surface area contributed by atoms with E-state index in [4.69, 9.17) is 0 Å². The normalized spacial score (nSPS) is 20.0. The molecule has 7 nitrogen and oxygen atoms in total. The van der Waals surface area contributed by atoms with Crippen molar-refractivity contribution in [3.8, 4) is 5.88 Å². The van der Waals surface area contributed by atoms with Crippen LogP contribution in [-0.2, 0) is 16.4 Å². The molecule has 2 rings (SSSR count). The Morgan fingerprint density at radius 2 is 2.19 bits per heavy atom. The van der Waals surface area contributed by atoms with E-state index in [1.54, 1.807) is 6.07 Å². The highest BCUT2D eigenvalue weighted by Gasteiger charge is 2.29. The van der Waals surface area contributed by atoms with Crippen LogP contribution in [0.4, 0.5) is 13.2 Å². The lowest BCUT2D eigenvalue weighted by molar-refractivity contribution is -0.154. The van der Waals surface area contributed by atoms with Crippen LogP contribution < -0.4 is 15.4 Å². The summed E-state index contributed by atoms with van der Waals surface area (Å²) in [4.78, 5) is 8.17. The fourth-order valence-electron chi connectivity index (χ4n) is 2.34. The molecule has 11 heteroatoms. The van der Waals surface area contributed by atoms with E-state index < -0.39 is 22.6 Å². The summed E-state index contributed by atoms with van der Waals surface area (Å²) < 4.78 is 63.9. The van der Waals surface area contributed by atoms with Crippen molar-refractivity contribution < 1.29 is 26.3 Å². The van der Waals surface area contributed by atoms with Crippen LogP contribution >= 0.6 is 0 Å². The number of alkyl halides is 3. The molecule has 0 aliphatic carbocycles. The molecule has 1 aliphatic heterocycles. The van der Waals surface area contributed by atoms with E-state index in [0.29, 0.717) is 24.5 Å². The largest absolute Gasteiger partial charge is 0.468 e. The van der Waals surface area contributed by atoms with Crippen LogP contribution in [0, 0.1) is 0 Å². The summed E-state index contributed by atoms with van der Waals surface area (Å²) in [6, 6.07) is 2.74. The molecule has 1 aromatic heterocycles. The minimum absolute atomic E-state index is 0.0736. The van der Waals surface area contributed by atoms with E-state index in [9.17, 15) is 21.6 Å². The van der Waals surface area contributed by atoms with Gasteiger partial charge >= 0.3 is 6.18 Å². The second kappa shape index (κ2) is 8.56. The molecule has 0 amide bonds. The lowest BCUT2D eigenvalue weighted by atomic mass is 10.3. The number of aromatic nitrogens is 1. The van der Waals surface area contributed by atoms with Gasteiger partial charge in [-0.1, -0.05) is 6.07 Å². The molecule has 2 N–H and O–H groups in total. The lowest BCUT2D eigenvalue weighted by Gasteiger charge is -2.15. The van der Waals surface area contributed by atoms with E-state index in [0.717, 1.165) is 0 Å². The van der Waals surface area contributed by atoms with E-state index in [2.05, 4.69) is 25.3 Å². The summed E-state index contributed by atoms with van der Waals surface area (Å²) in [5.74, 6) is 0.598. The molecule has 0 radical (unpaired) electrons. The summed E-state index contributed by atoms with van der Waals surface area (Å²) in [6.07, 6.45) is -2.50. The number of guanidine groups is 1. The Hall–Kier alpha value is -2.04. The Kier molecular flexibility index (Phi) is 6.68. The molecular formula is C15H21F3N4O3S. The lowest BCUT2D eigenvalue weighted by Crippen LogP contribution is -2.44. The molecule has 1 atom stereocenters. The van der Waals surface area contributed by atoms with Crippen LogP contribution in [0.5, 0.6) is 5.88 Å². The Balaban J connectivity index is 1.92. The van der Waals surface area contributed by atoms with Crippen LogP contribution in [0.2, 0.25) is 0 Å². The van der Waals surface area contributed by atoms with Crippen molar-refractivity contribution in [1.82, 2.24) is 15.6 Å². The minimum Gasteiger partial charge on any atom is -0.468 e. The summed E-state index contributed by atoms with van der Waals surface area (Å²) >= 11 is 0. The number of ether oxygens (including phenoxy) is 1. The quantitative estimate of drug-likeness (QED) is 0.558. The van der Waals surface area contributed by atoms with Crippen molar-refractivity contribution in [1.29, 1.82) is 0 Å². The first-order valence-electron chi connectivity index (χ1n) is 8.06. The van der Waals surface area contributed by atoms with Gasteiger partial charge in [-0.25, -0.2) is 18.4 Å². The summed E-state index contributed by atoms with van der Waals surface area (Å²) in [7, 11) is -2.99. The van der Waals surface area contributed by atoms with Gasteiger partial charge in [0.05, 0.1) is 18.1 Å². The molecule has 26 heavy (non-hydrogen) atoms. The fourth-order valence-corrected chi connectivity index (χ4v) is 4.01. The standard InChI is InChI=1S/C15H21F3N4O3S/c1-2-19-14(22-12-5-6-26(23,24)9-12)21-8-11-3-4-13(20-7-11)25-10-15(16,17)18/h3-4,7,12H,2,5-6,8-10H2,1H3,(H2,19,21,22). The average Bonchev–Trinajstić information content (AvgIpc) is 2.90. The van der Waals surface area contributed by atoms with Crippen molar-refractivity contribution in [2.75, 3.05) is 24.7 Å². The molecule has 1 fully saturated rings. The van der Waals surface area contributed by atoms with Crippen molar-refractivity contribution >= 4 is 15.8 Å². The fraction of sp³-hybridized carbons (Fsp3) is 0.600. The van der Waals surface area contributed by atoms with Crippen molar-refractivity contribution in [3.63, 3.8) is 0 Å². The number of hydrogen-bond acceptors (Lipinski definition) is 5. The highest BCUT2D eigenvalue weighted by molar-refractivity contribution is 7.91. The van der Waals surface area contributed by atoms with Gasteiger partial charge < -0.3 is 15.4 Å². The molecule has 2 heterocycles. The van der Waals surface area contributed by atoms with E-state index in [-0.39, 0.29) is 30.0 Å². The molecule has 146 valence electrons. The Morgan fingerprint density at radius 3 is 2.73 bits per heavy atom. The van der Waals surface area contributed by atoms with Crippen molar-refractivity contribution in [3.05, 3.63) is 23.9 Å². The molecule has 0 saturated carbocycles. The first-order chi connectivity index (χ1) is 12.2. The molecule has 1 saturated heterocycles. The summed E-state index contributed by atoms with van der Waals surface area (Å²) in [5, 5.41) is 6.11. The second-order valence-corrected chi connectivity index (χ2v) is 8.08. The van der Waals surface area contributed by atoms with Gasteiger partial charge in [0.1, 0.15) is 0 Å². The van der Waals surface area contributed by atoms with Crippen LogP contribution in [0.25, 0.3) is 0 Å². The SMILES string of the molecule is CCNC(=NCc1ccc(OCC(F)(F)F)nc1)NC1CCS(=O)(=O)C1. The Labute approximate surface area is 150 Å². The number of rotatable bonds is 6. The summed E-state index contributed by atoms with van der Waals surface area (Å²) in [6.45, 7) is 1.34. The van der Waals surface area contributed by atoms with Gasteiger partial charge in [0.25, 0.3) is 0 Å². The van der Waals surface area contributed by atoms with E-state index >= 15 is 0 Å². The van der Waals surface area contributed by atoms with Crippen LogP contribution in [0.3, 0.4) is 0 Å². The minimum atomic E-state index is -4.41. The predicted molar refractivity (Wildman–Crippen MR) is 90.8 cm³/mol. The zero-order valence-electron chi connectivity index (χ0n) is 14.2. The van der Waals surface area contributed by atoms with Crippen molar-refractivity contribution in [2.45, 2.75) is 32.1 Å². The van der Waals surface area contributed by atoms with Crippen LogP contribution in [-0.4, -0.2) is 56.2 Å². The first kappa shape index (κ1) is 20.3. The van der Waals surface area contributed by atoms with Gasteiger partial charge in [0.2, 0.25) is 5.88 Å². The summed E-state index contributed by atoms with van der Waals surface area (Å²) in [5.41, 5.74) is 0.681. The topological polar surface area (TPSA) is 92.7 Å². The van der Waals surface area contributed by atoms with Gasteiger partial charge in [-0.05, 0) is 18.9 Å². The molecule has 1 unspecified atom stereocenters. The first-order valence-corrected chi connectivity index (χ1v) is 9.89. The molecule has 0 aromatic carbocycles. The zero-order chi connectivity index (χ0) is 19.2. The number of pyridine rings is 1. The van der Waals surface area contributed by atoms with Crippen LogP contribution in [0.1, 0.15) is 18.9 Å². The van der Waals surface area contributed by atoms with Crippen molar-refractivity contribution in [2.24, 2.45) is 4.99 Å². The number of nitrogens with zero attached hydrogens (tertiary/aromatic N) is 2. The van der Waals surface area contributed by atoms with E-state index in [1.165, 1.54) is 12.3 Å². The van der Waals surface area contributed by atoms with Gasteiger partial charge in [-0.3, -0.25) is 0 Å². The molecule has 0 bridgehead atoms. The van der Waals surface area contributed by atoms with Gasteiger partial charge in [0.15, 0.2) is 22.4 Å². The predicted octanol–water partition coefficient (Wildman–Crippen LogP) is 1.26. The smallest absolute Gasteiger partial charge is 0.422 e. The number of sulfone groups is 1. The molecule has 1 aliphatic rings. The third-order valence-corrected chi connectivity index (χ3v) is 5.29. The maximum Gasteiger partial charge on any atom is 0.422 e.